The van der Waals surface area contributed by atoms with Gasteiger partial charge in [0.2, 0.25) is 0 Å². The van der Waals surface area contributed by atoms with Crippen LogP contribution in [-0.4, -0.2) is 11.5 Å². The van der Waals surface area contributed by atoms with Gasteiger partial charge < -0.3 is 5.32 Å². The van der Waals surface area contributed by atoms with Crippen LogP contribution in [0.2, 0.25) is 0 Å². The van der Waals surface area contributed by atoms with Gasteiger partial charge in [-0.3, -0.25) is 0 Å². The van der Waals surface area contributed by atoms with Crippen LogP contribution >= 0.6 is 11.3 Å². The fourth-order valence-corrected chi connectivity index (χ4v) is 3.77. The van der Waals surface area contributed by atoms with Crippen molar-refractivity contribution in [1.82, 2.24) is 10.3 Å². The van der Waals surface area contributed by atoms with E-state index in [0.717, 1.165) is 24.9 Å². The second-order valence-electron chi connectivity index (χ2n) is 5.83. The number of hydrogen-bond donors (Lipinski definition) is 1. The maximum atomic E-state index is 4.47. The van der Waals surface area contributed by atoms with Crippen molar-refractivity contribution in [3.8, 4) is 0 Å². The molecule has 0 aromatic carbocycles. The van der Waals surface area contributed by atoms with E-state index in [-0.39, 0.29) is 0 Å². The van der Waals surface area contributed by atoms with E-state index >= 15 is 0 Å². The van der Waals surface area contributed by atoms with E-state index in [9.17, 15) is 0 Å². The summed E-state index contributed by atoms with van der Waals surface area (Å²) in [6, 6.07) is 0. The van der Waals surface area contributed by atoms with E-state index in [4.69, 9.17) is 0 Å². The van der Waals surface area contributed by atoms with Crippen LogP contribution in [-0.2, 0) is 6.54 Å². The standard InChI is InChI=1S/C15H26N2S/c1-11-4-6-14(7-5-11)8-9-16-10-15-12(2)17-13(3)18-15/h11,14,16H,4-10H2,1-3H3. The molecule has 1 aliphatic carbocycles. The molecule has 0 atom stereocenters. The van der Waals surface area contributed by atoms with Crippen molar-refractivity contribution in [1.29, 1.82) is 0 Å². The fraction of sp³-hybridized carbons (Fsp3) is 0.800. The lowest BCUT2D eigenvalue weighted by Crippen LogP contribution is -2.20. The number of aryl methyl sites for hydroxylation is 2. The minimum Gasteiger partial charge on any atom is -0.312 e. The second-order valence-corrected chi connectivity index (χ2v) is 7.12. The third kappa shape index (κ3) is 4.06. The van der Waals surface area contributed by atoms with Crippen LogP contribution in [0, 0.1) is 25.7 Å². The lowest BCUT2D eigenvalue weighted by atomic mass is 9.81. The maximum absolute atomic E-state index is 4.47. The zero-order chi connectivity index (χ0) is 13.0. The molecule has 1 aromatic rings. The van der Waals surface area contributed by atoms with Gasteiger partial charge in [-0.15, -0.1) is 11.3 Å². The molecule has 1 heterocycles. The lowest BCUT2D eigenvalue weighted by Gasteiger charge is -2.26. The third-order valence-electron chi connectivity index (χ3n) is 4.15. The summed E-state index contributed by atoms with van der Waals surface area (Å²) in [6.07, 6.45) is 7.13. The molecule has 18 heavy (non-hydrogen) atoms. The first kappa shape index (κ1) is 14.0. The second kappa shape index (κ2) is 6.67. The van der Waals surface area contributed by atoms with Crippen LogP contribution in [0.1, 0.15) is 54.6 Å². The van der Waals surface area contributed by atoms with Crippen molar-refractivity contribution in [2.75, 3.05) is 6.54 Å². The normalized spacial score (nSPS) is 24.4. The average molecular weight is 266 g/mol. The largest absolute Gasteiger partial charge is 0.312 e. The predicted octanol–water partition coefficient (Wildman–Crippen LogP) is 4.07. The number of thiazole rings is 1. The number of nitrogens with one attached hydrogen (secondary N) is 1. The third-order valence-corrected chi connectivity index (χ3v) is 5.22. The van der Waals surface area contributed by atoms with Gasteiger partial charge in [-0.1, -0.05) is 32.6 Å². The molecular formula is C15H26N2S. The maximum Gasteiger partial charge on any atom is 0.0900 e. The Morgan fingerprint density at radius 1 is 1.22 bits per heavy atom. The Kier molecular flexibility index (Phi) is 5.19. The van der Waals surface area contributed by atoms with Crippen LogP contribution in [0.4, 0.5) is 0 Å². The van der Waals surface area contributed by atoms with Gasteiger partial charge in [0.25, 0.3) is 0 Å². The molecule has 2 nitrogen and oxygen atoms in total. The monoisotopic (exact) mass is 266 g/mol. The van der Waals surface area contributed by atoms with Crippen molar-refractivity contribution >= 4 is 11.3 Å². The van der Waals surface area contributed by atoms with E-state index in [0.29, 0.717) is 0 Å². The van der Waals surface area contributed by atoms with Gasteiger partial charge in [0, 0.05) is 11.4 Å². The fourth-order valence-electron chi connectivity index (χ4n) is 2.86. The van der Waals surface area contributed by atoms with Crippen molar-refractivity contribution in [3.63, 3.8) is 0 Å². The summed E-state index contributed by atoms with van der Waals surface area (Å²) >= 11 is 1.83. The first-order chi connectivity index (χ1) is 8.65. The van der Waals surface area contributed by atoms with Gasteiger partial charge in [0.15, 0.2) is 0 Å². The van der Waals surface area contributed by atoms with Crippen molar-refractivity contribution < 1.29 is 0 Å². The van der Waals surface area contributed by atoms with Crippen molar-refractivity contribution in [3.05, 3.63) is 15.6 Å². The molecule has 1 aliphatic rings. The smallest absolute Gasteiger partial charge is 0.0900 e. The molecule has 1 N–H and O–H groups in total. The highest BCUT2D eigenvalue weighted by Gasteiger charge is 2.17. The molecule has 0 amide bonds. The van der Waals surface area contributed by atoms with Crippen LogP contribution in [0.3, 0.4) is 0 Å². The first-order valence-corrected chi connectivity index (χ1v) is 8.10. The molecule has 1 aromatic heterocycles. The minimum atomic E-state index is 0.969. The quantitative estimate of drug-likeness (QED) is 0.813. The Bertz CT molecular complexity index is 365. The van der Waals surface area contributed by atoms with Gasteiger partial charge in [-0.25, -0.2) is 4.98 Å². The Hall–Kier alpha value is -0.410. The van der Waals surface area contributed by atoms with E-state index in [1.807, 2.05) is 11.3 Å². The highest BCUT2D eigenvalue weighted by atomic mass is 32.1. The topological polar surface area (TPSA) is 24.9 Å². The number of aromatic nitrogens is 1. The Labute approximate surface area is 115 Å². The molecular weight excluding hydrogens is 240 g/mol. The molecule has 3 heteroatoms. The van der Waals surface area contributed by atoms with E-state index < -0.39 is 0 Å². The van der Waals surface area contributed by atoms with Gasteiger partial charge in [0.05, 0.1) is 10.7 Å². The summed E-state index contributed by atoms with van der Waals surface area (Å²) in [5.74, 6) is 1.94. The molecule has 0 unspecified atom stereocenters. The van der Waals surface area contributed by atoms with Crippen LogP contribution in [0.25, 0.3) is 0 Å². The molecule has 2 rings (SSSR count). The summed E-state index contributed by atoms with van der Waals surface area (Å²) in [6.45, 7) is 8.76. The molecule has 0 radical (unpaired) electrons. The molecule has 0 spiro atoms. The van der Waals surface area contributed by atoms with E-state index in [1.165, 1.54) is 47.7 Å². The summed E-state index contributed by atoms with van der Waals surface area (Å²) in [7, 11) is 0. The number of rotatable bonds is 5. The first-order valence-electron chi connectivity index (χ1n) is 7.28. The van der Waals surface area contributed by atoms with Crippen LogP contribution in [0.5, 0.6) is 0 Å². The van der Waals surface area contributed by atoms with Crippen LogP contribution < -0.4 is 5.32 Å². The zero-order valence-electron chi connectivity index (χ0n) is 12.0. The predicted molar refractivity (Wildman–Crippen MR) is 79.0 cm³/mol. The minimum absolute atomic E-state index is 0.969. The van der Waals surface area contributed by atoms with E-state index in [2.05, 4.69) is 31.1 Å². The molecule has 1 saturated carbocycles. The van der Waals surface area contributed by atoms with Gasteiger partial charge >= 0.3 is 0 Å². The van der Waals surface area contributed by atoms with Crippen molar-refractivity contribution in [2.45, 2.75) is 59.4 Å². The molecule has 0 aliphatic heterocycles. The van der Waals surface area contributed by atoms with Gasteiger partial charge in [-0.2, -0.15) is 0 Å². The molecule has 102 valence electrons. The SMILES string of the molecule is Cc1nc(C)c(CNCCC2CCC(C)CC2)s1. The Morgan fingerprint density at radius 2 is 1.94 bits per heavy atom. The highest BCUT2D eigenvalue weighted by molar-refractivity contribution is 7.11. The van der Waals surface area contributed by atoms with Crippen LogP contribution in [0.15, 0.2) is 0 Å². The van der Waals surface area contributed by atoms with Gasteiger partial charge in [-0.05, 0) is 38.6 Å². The summed E-state index contributed by atoms with van der Waals surface area (Å²) in [5, 5.41) is 4.77. The summed E-state index contributed by atoms with van der Waals surface area (Å²) in [5.41, 5.74) is 1.21. The lowest BCUT2D eigenvalue weighted by molar-refractivity contribution is 0.275. The number of nitrogens with zero attached hydrogens (tertiary/aromatic N) is 1. The zero-order valence-corrected chi connectivity index (χ0v) is 12.8. The number of hydrogen-bond acceptors (Lipinski definition) is 3. The molecule has 1 fully saturated rings. The Morgan fingerprint density at radius 3 is 2.56 bits per heavy atom. The average Bonchev–Trinajstić information content (AvgIpc) is 2.66. The summed E-state index contributed by atoms with van der Waals surface area (Å²) < 4.78 is 0. The van der Waals surface area contributed by atoms with Crippen molar-refractivity contribution in [2.24, 2.45) is 11.8 Å². The van der Waals surface area contributed by atoms with E-state index in [1.54, 1.807) is 0 Å². The van der Waals surface area contributed by atoms with Gasteiger partial charge in [0.1, 0.15) is 0 Å². The Balaban J connectivity index is 1.63. The molecule has 0 bridgehead atoms. The highest BCUT2D eigenvalue weighted by Crippen LogP contribution is 2.30. The molecule has 0 saturated heterocycles. The summed E-state index contributed by atoms with van der Waals surface area (Å²) in [4.78, 5) is 5.87.